The number of halogens is 1. The topological polar surface area (TPSA) is 99.0 Å². The molecule has 1 saturated heterocycles. The number of carbonyl (C=O) groups is 2. The molecule has 0 aromatic heterocycles. The summed E-state index contributed by atoms with van der Waals surface area (Å²) < 4.78 is 10.5. The molecule has 9 heteroatoms. The Kier molecular flexibility index (Phi) is 5.74. The molecule has 2 rings (SSSR count). The third kappa shape index (κ3) is 4.42. The van der Waals surface area contributed by atoms with Crippen molar-refractivity contribution in [2.45, 2.75) is 26.1 Å². The number of ether oxygens (including phenoxy) is 2. The largest absolute Gasteiger partial charge is 0.452 e. The summed E-state index contributed by atoms with van der Waals surface area (Å²) in [6.45, 7) is 4.15. The van der Waals surface area contributed by atoms with E-state index in [2.05, 4.69) is 0 Å². The van der Waals surface area contributed by atoms with Crippen LogP contribution in [0.2, 0.25) is 5.02 Å². The predicted molar refractivity (Wildman–Crippen MR) is 85.0 cm³/mol. The van der Waals surface area contributed by atoms with Crippen molar-refractivity contribution in [3.8, 4) is 0 Å². The van der Waals surface area contributed by atoms with Gasteiger partial charge in [0, 0.05) is 25.2 Å². The molecule has 1 aromatic carbocycles. The molecule has 0 N–H and O–H groups in total. The van der Waals surface area contributed by atoms with E-state index >= 15 is 0 Å². The quantitative estimate of drug-likeness (QED) is 0.465. The lowest BCUT2D eigenvalue weighted by atomic mass is 10.2. The molecule has 8 nitrogen and oxygen atoms in total. The zero-order valence-electron chi connectivity index (χ0n) is 13.2. The van der Waals surface area contributed by atoms with Gasteiger partial charge in [-0.15, -0.1) is 0 Å². The van der Waals surface area contributed by atoms with Crippen LogP contribution in [0.25, 0.3) is 0 Å². The minimum absolute atomic E-state index is 0.0289. The monoisotopic (exact) mass is 356 g/mol. The van der Waals surface area contributed by atoms with Crippen LogP contribution in [-0.2, 0) is 14.3 Å². The zero-order valence-corrected chi connectivity index (χ0v) is 14.0. The van der Waals surface area contributed by atoms with Crippen molar-refractivity contribution < 1.29 is 24.0 Å². The first-order chi connectivity index (χ1) is 11.3. The average molecular weight is 357 g/mol. The van der Waals surface area contributed by atoms with Gasteiger partial charge in [-0.3, -0.25) is 14.9 Å². The molecule has 1 amide bonds. The first-order valence-electron chi connectivity index (χ1n) is 7.32. The molecule has 1 aliphatic rings. The van der Waals surface area contributed by atoms with Gasteiger partial charge in [0.1, 0.15) is 0 Å². The highest BCUT2D eigenvalue weighted by Crippen LogP contribution is 2.23. The number of hydrogen-bond donors (Lipinski definition) is 0. The van der Waals surface area contributed by atoms with Crippen molar-refractivity contribution in [1.29, 1.82) is 0 Å². The minimum Gasteiger partial charge on any atom is -0.452 e. The number of nitro benzene ring substituents is 1. The molecule has 1 heterocycles. The standard InChI is InChI=1S/C15H17ClN2O6/c1-9-6-17(7-10(2)24-9)14(19)8-23-15(20)12-4-3-11(18(21)22)5-13(12)16/h3-5,9-10H,6-8H2,1-2H3/t9-,10+. The minimum atomic E-state index is -0.808. The Bertz CT molecular complexity index is 655. The van der Waals surface area contributed by atoms with E-state index in [4.69, 9.17) is 21.1 Å². The number of amides is 1. The summed E-state index contributed by atoms with van der Waals surface area (Å²) in [4.78, 5) is 35.7. The molecule has 1 fully saturated rings. The molecule has 0 spiro atoms. The zero-order chi connectivity index (χ0) is 17.9. The number of nitro groups is 1. The van der Waals surface area contributed by atoms with Crippen molar-refractivity contribution in [2.24, 2.45) is 0 Å². The smallest absolute Gasteiger partial charge is 0.340 e. The lowest BCUT2D eigenvalue weighted by molar-refractivity contribution is -0.384. The van der Waals surface area contributed by atoms with Crippen LogP contribution in [0.3, 0.4) is 0 Å². The number of hydrogen-bond acceptors (Lipinski definition) is 6. The number of carbonyl (C=O) groups excluding carboxylic acids is 2. The Morgan fingerprint density at radius 2 is 2.00 bits per heavy atom. The third-order valence-corrected chi connectivity index (χ3v) is 3.80. The maximum Gasteiger partial charge on any atom is 0.340 e. The number of esters is 1. The van der Waals surface area contributed by atoms with E-state index in [1.54, 1.807) is 4.90 Å². The molecule has 0 unspecified atom stereocenters. The van der Waals surface area contributed by atoms with Crippen LogP contribution >= 0.6 is 11.6 Å². The molecule has 2 atom stereocenters. The third-order valence-electron chi connectivity index (χ3n) is 3.48. The van der Waals surface area contributed by atoms with Crippen molar-refractivity contribution in [2.75, 3.05) is 19.7 Å². The number of nitrogens with zero attached hydrogens (tertiary/aromatic N) is 2. The van der Waals surface area contributed by atoms with Gasteiger partial charge in [0.05, 0.1) is 27.7 Å². The molecule has 1 aliphatic heterocycles. The maximum atomic E-state index is 12.1. The van der Waals surface area contributed by atoms with Crippen LogP contribution < -0.4 is 0 Å². The Balaban J connectivity index is 1.95. The molecule has 1 aromatic rings. The van der Waals surface area contributed by atoms with Gasteiger partial charge in [0.25, 0.3) is 11.6 Å². The van der Waals surface area contributed by atoms with Gasteiger partial charge in [0.2, 0.25) is 0 Å². The fraction of sp³-hybridized carbons (Fsp3) is 0.467. The Labute approximate surface area is 143 Å². The summed E-state index contributed by atoms with van der Waals surface area (Å²) in [5.74, 6) is -1.14. The summed E-state index contributed by atoms with van der Waals surface area (Å²) in [6.07, 6.45) is -0.171. The van der Waals surface area contributed by atoms with Crippen LogP contribution in [0.15, 0.2) is 18.2 Å². The first kappa shape index (κ1) is 18.2. The van der Waals surface area contributed by atoms with Crippen LogP contribution in [0.1, 0.15) is 24.2 Å². The lowest BCUT2D eigenvalue weighted by Crippen LogP contribution is -2.49. The van der Waals surface area contributed by atoms with E-state index in [9.17, 15) is 19.7 Å². The number of rotatable bonds is 4. The van der Waals surface area contributed by atoms with E-state index in [1.807, 2.05) is 13.8 Å². The lowest BCUT2D eigenvalue weighted by Gasteiger charge is -2.35. The Morgan fingerprint density at radius 3 is 2.54 bits per heavy atom. The fourth-order valence-electron chi connectivity index (χ4n) is 2.46. The number of benzene rings is 1. The Hall–Kier alpha value is -2.19. The molecular weight excluding hydrogens is 340 g/mol. The number of morpholine rings is 1. The van der Waals surface area contributed by atoms with Crippen LogP contribution in [0.4, 0.5) is 5.69 Å². The highest BCUT2D eigenvalue weighted by Gasteiger charge is 2.26. The van der Waals surface area contributed by atoms with Gasteiger partial charge in [0.15, 0.2) is 6.61 Å². The highest BCUT2D eigenvalue weighted by atomic mass is 35.5. The van der Waals surface area contributed by atoms with Crippen LogP contribution in [-0.4, -0.2) is 53.6 Å². The first-order valence-corrected chi connectivity index (χ1v) is 7.70. The van der Waals surface area contributed by atoms with Gasteiger partial charge in [-0.05, 0) is 19.9 Å². The Morgan fingerprint density at radius 1 is 1.38 bits per heavy atom. The molecule has 130 valence electrons. The molecular formula is C15H17ClN2O6. The van der Waals surface area contributed by atoms with Crippen molar-refractivity contribution in [1.82, 2.24) is 4.90 Å². The second-order valence-corrected chi connectivity index (χ2v) is 5.96. The summed E-state index contributed by atoms with van der Waals surface area (Å²) >= 11 is 5.85. The van der Waals surface area contributed by atoms with E-state index in [1.165, 1.54) is 6.07 Å². The van der Waals surface area contributed by atoms with Crippen LogP contribution in [0.5, 0.6) is 0 Å². The van der Waals surface area contributed by atoms with E-state index < -0.39 is 17.5 Å². The summed E-state index contributed by atoms with van der Waals surface area (Å²) in [5.41, 5.74) is -0.261. The number of non-ortho nitro benzene ring substituents is 1. The fourth-order valence-corrected chi connectivity index (χ4v) is 2.71. The van der Waals surface area contributed by atoms with Crippen molar-refractivity contribution in [3.63, 3.8) is 0 Å². The van der Waals surface area contributed by atoms with Gasteiger partial charge in [-0.1, -0.05) is 11.6 Å². The molecule has 0 saturated carbocycles. The van der Waals surface area contributed by atoms with Gasteiger partial charge in [-0.25, -0.2) is 4.79 Å². The average Bonchev–Trinajstić information content (AvgIpc) is 2.51. The van der Waals surface area contributed by atoms with E-state index in [0.717, 1.165) is 12.1 Å². The second-order valence-electron chi connectivity index (χ2n) is 5.55. The predicted octanol–water partition coefficient (Wildman–Crippen LogP) is 2.04. The van der Waals surface area contributed by atoms with E-state index in [-0.39, 0.29) is 34.4 Å². The van der Waals surface area contributed by atoms with Gasteiger partial charge in [-0.2, -0.15) is 0 Å². The highest BCUT2D eigenvalue weighted by molar-refractivity contribution is 6.33. The SMILES string of the molecule is C[C@@H]1CN(C(=O)COC(=O)c2ccc([N+](=O)[O-])cc2Cl)C[C@H](C)O1. The normalized spacial score (nSPS) is 20.5. The van der Waals surface area contributed by atoms with Crippen LogP contribution in [0, 0.1) is 10.1 Å². The summed E-state index contributed by atoms with van der Waals surface area (Å²) in [6, 6.07) is 3.41. The van der Waals surface area contributed by atoms with Gasteiger partial charge >= 0.3 is 5.97 Å². The molecule has 0 aliphatic carbocycles. The van der Waals surface area contributed by atoms with Crippen molar-refractivity contribution >= 4 is 29.2 Å². The maximum absolute atomic E-state index is 12.1. The second kappa shape index (κ2) is 7.59. The summed E-state index contributed by atoms with van der Waals surface area (Å²) in [5, 5.41) is 10.5. The molecule has 0 radical (unpaired) electrons. The molecule has 0 bridgehead atoms. The van der Waals surface area contributed by atoms with E-state index in [0.29, 0.717) is 13.1 Å². The summed E-state index contributed by atoms with van der Waals surface area (Å²) in [7, 11) is 0. The van der Waals surface area contributed by atoms with Gasteiger partial charge < -0.3 is 14.4 Å². The van der Waals surface area contributed by atoms with Crippen molar-refractivity contribution in [3.05, 3.63) is 38.9 Å². The molecule has 24 heavy (non-hydrogen) atoms.